The van der Waals surface area contributed by atoms with Crippen LogP contribution >= 0.6 is 0 Å². The number of anilines is 1. The maximum absolute atomic E-state index is 12.1. The van der Waals surface area contributed by atoms with E-state index >= 15 is 0 Å². The quantitative estimate of drug-likeness (QED) is 0.548. The van der Waals surface area contributed by atoms with Crippen LogP contribution in [0.25, 0.3) is 0 Å². The van der Waals surface area contributed by atoms with Gasteiger partial charge in [0.25, 0.3) is 5.91 Å². The maximum Gasteiger partial charge on any atom is 0.251 e. The van der Waals surface area contributed by atoms with Crippen molar-refractivity contribution in [2.45, 2.75) is 25.8 Å². The second-order valence-electron chi connectivity index (χ2n) is 4.62. The summed E-state index contributed by atoms with van der Waals surface area (Å²) in [5.74, 6) is 6.96. The molecule has 1 aromatic heterocycles. The SMILES string of the molecule is Cc1cc(C(=O)NC2CCS(=O)CC2)cc(NN)n1. The van der Waals surface area contributed by atoms with E-state index in [2.05, 4.69) is 15.7 Å². The number of nitrogen functional groups attached to an aromatic ring is 1. The van der Waals surface area contributed by atoms with Gasteiger partial charge < -0.3 is 10.7 Å². The van der Waals surface area contributed by atoms with Gasteiger partial charge in [-0.3, -0.25) is 9.00 Å². The van der Waals surface area contributed by atoms with E-state index in [1.807, 2.05) is 0 Å². The Bertz CT molecular complexity index is 497. The van der Waals surface area contributed by atoms with Gasteiger partial charge in [0.15, 0.2) is 0 Å². The molecule has 104 valence electrons. The first kappa shape index (κ1) is 14.0. The highest BCUT2D eigenvalue weighted by Gasteiger charge is 2.20. The minimum Gasteiger partial charge on any atom is -0.349 e. The molecule has 7 heteroatoms. The highest BCUT2D eigenvalue weighted by atomic mass is 32.2. The molecule has 0 atom stereocenters. The summed E-state index contributed by atoms with van der Waals surface area (Å²) in [6.45, 7) is 1.81. The first-order valence-electron chi connectivity index (χ1n) is 6.19. The van der Waals surface area contributed by atoms with Gasteiger partial charge in [0, 0.05) is 39.6 Å². The Balaban J connectivity index is 2.03. The minimum atomic E-state index is -0.717. The van der Waals surface area contributed by atoms with E-state index in [9.17, 15) is 9.00 Å². The number of amides is 1. The fourth-order valence-electron chi connectivity index (χ4n) is 2.08. The molecular weight excluding hydrogens is 264 g/mol. The fourth-order valence-corrected chi connectivity index (χ4v) is 3.38. The van der Waals surface area contributed by atoms with Gasteiger partial charge in [0.05, 0.1) is 0 Å². The van der Waals surface area contributed by atoms with Crippen molar-refractivity contribution < 1.29 is 9.00 Å². The van der Waals surface area contributed by atoms with E-state index in [0.717, 1.165) is 18.5 Å². The van der Waals surface area contributed by atoms with Gasteiger partial charge >= 0.3 is 0 Å². The minimum absolute atomic E-state index is 0.105. The van der Waals surface area contributed by atoms with Gasteiger partial charge in [0.1, 0.15) is 5.82 Å². The Morgan fingerprint density at radius 1 is 1.42 bits per heavy atom. The van der Waals surface area contributed by atoms with Crippen molar-refractivity contribution in [3.8, 4) is 0 Å². The summed E-state index contributed by atoms with van der Waals surface area (Å²) in [4.78, 5) is 16.3. The van der Waals surface area contributed by atoms with Crippen molar-refractivity contribution in [2.75, 3.05) is 16.9 Å². The van der Waals surface area contributed by atoms with Crippen molar-refractivity contribution in [2.24, 2.45) is 5.84 Å². The van der Waals surface area contributed by atoms with Crippen molar-refractivity contribution in [3.63, 3.8) is 0 Å². The molecular formula is C12H18N4O2S. The topological polar surface area (TPSA) is 97.1 Å². The second-order valence-corrected chi connectivity index (χ2v) is 6.32. The van der Waals surface area contributed by atoms with Gasteiger partial charge in [-0.25, -0.2) is 10.8 Å². The second kappa shape index (κ2) is 6.12. The molecule has 19 heavy (non-hydrogen) atoms. The Hall–Kier alpha value is -1.47. The van der Waals surface area contributed by atoms with Crippen LogP contribution in [0.5, 0.6) is 0 Å². The molecule has 1 aliphatic rings. The fraction of sp³-hybridized carbons (Fsp3) is 0.500. The Labute approximate surface area is 114 Å². The molecule has 6 nitrogen and oxygen atoms in total. The number of carbonyl (C=O) groups is 1. The average molecular weight is 282 g/mol. The lowest BCUT2D eigenvalue weighted by atomic mass is 10.1. The maximum atomic E-state index is 12.1. The Morgan fingerprint density at radius 2 is 2.11 bits per heavy atom. The van der Waals surface area contributed by atoms with Crippen molar-refractivity contribution in [1.82, 2.24) is 10.3 Å². The lowest BCUT2D eigenvalue weighted by molar-refractivity contribution is 0.0934. The first-order chi connectivity index (χ1) is 9.08. The molecule has 4 N–H and O–H groups in total. The number of carbonyl (C=O) groups excluding carboxylic acids is 1. The molecule has 0 aliphatic carbocycles. The number of aromatic nitrogens is 1. The summed E-state index contributed by atoms with van der Waals surface area (Å²) in [7, 11) is -0.717. The molecule has 0 spiro atoms. The van der Waals surface area contributed by atoms with Crippen molar-refractivity contribution >= 4 is 22.5 Å². The molecule has 0 aromatic carbocycles. The third kappa shape index (κ3) is 3.74. The smallest absolute Gasteiger partial charge is 0.251 e. The van der Waals surface area contributed by atoms with Crippen LogP contribution in [0.15, 0.2) is 12.1 Å². The summed E-state index contributed by atoms with van der Waals surface area (Å²) in [5.41, 5.74) is 3.70. The van der Waals surface area contributed by atoms with Crippen LogP contribution < -0.4 is 16.6 Å². The van der Waals surface area contributed by atoms with Crippen molar-refractivity contribution in [1.29, 1.82) is 0 Å². The Morgan fingerprint density at radius 3 is 2.74 bits per heavy atom. The molecule has 0 bridgehead atoms. The van der Waals surface area contributed by atoms with Crippen LogP contribution in [0, 0.1) is 6.92 Å². The molecule has 2 rings (SSSR count). The van der Waals surface area contributed by atoms with E-state index in [4.69, 9.17) is 5.84 Å². The molecule has 1 fully saturated rings. The standard InChI is InChI=1S/C12H18N4O2S/c1-8-6-9(7-11(14-8)16-13)12(17)15-10-2-4-19(18)5-3-10/h6-7,10H,2-5,13H2,1H3,(H,14,16)(H,15,17). The number of pyridine rings is 1. The van der Waals surface area contributed by atoms with Gasteiger partial charge in [-0.1, -0.05) is 0 Å². The first-order valence-corrected chi connectivity index (χ1v) is 7.68. The average Bonchev–Trinajstić information content (AvgIpc) is 2.40. The number of aryl methyl sites for hydroxylation is 1. The van der Waals surface area contributed by atoms with E-state index < -0.39 is 10.8 Å². The molecule has 1 aromatic rings. The van der Waals surface area contributed by atoms with Crippen LogP contribution in [0.4, 0.5) is 5.82 Å². The Kier molecular flexibility index (Phi) is 4.49. The summed E-state index contributed by atoms with van der Waals surface area (Å²) in [5, 5.41) is 2.96. The van der Waals surface area contributed by atoms with Gasteiger partial charge in [0.2, 0.25) is 0 Å². The van der Waals surface area contributed by atoms with E-state index in [1.165, 1.54) is 0 Å². The number of hydrogen-bond donors (Lipinski definition) is 3. The molecule has 0 saturated carbocycles. The molecule has 1 aliphatic heterocycles. The zero-order valence-corrected chi connectivity index (χ0v) is 11.6. The van der Waals surface area contributed by atoms with Crippen LogP contribution in [-0.4, -0.2) is 32.6 Å². The van der Waals surface area contributed by atoms with E-state index in [1.54, 1.807) is 19.1 Å². The summed E-state index contributed by atoms with van der Waals surface area (Å²) in [6.07, 6.45) is 1.54. The van der Waals surface area contributed by atoms with Crippen LogP contribution in [0.3, 0.4) is 0 Å². The summed E-state index contributed by atoms with van der Waals surface area (Å²) in [6, 6.07) is 3.44. The number of rotatable bonds is 3. The predicted molar refractivity (Wildman–Crippen MR) is 75.1 cm³/mol. The number of nitrogens with two attached hydrogens (primary N) is 1. The lowest BCUT2D eigenvalue weighted by Crippen LogP contribution is -2.39. The van der Waals surface area contributed by atoms with Crippen LogP contribution in [0.1, 0.15) is 28.9 Å². The lowest BCUT2D eigenvalue weighted by Gasteiger charge is -2.22. The third-order valence-corrected chi connectivity index (χ3v) is 4.47. The predicted octanol–water partition coefficient (Wildman–Crippen LogP) is 0.317. The highest BCUT2D eigenvalue weighted by molar-refractivity contribution is 7.85. The molecule has 0 radical (unpaired) electrons. The van der Waals surface area contributed by atoms with E-state index in [0.29, 0.717) is 22.9 Å². The van der Waals surface area contributed by atoms with Crippen molar-refractivity contribution in [3.05, 3.63) is 23.4 Å². The largest absolute Gasteiger partial charge is 0.349 e. The normalized spacial score (nSPS) is 22.8. The van der Waals surface area contributed by atoms with Gasteiger partial charge in [-0.2, -0.15) is 0 Å². The summed E-state index contributed by atoms with van der Waals surface area (Å²) < 4.78 is 11.3. The van der Waals surface area contributed by atoms with Crippen LogP contribution in [0.2, 0.25) is 0 Å². The number of nitrogens with one attached hydrogen (secondary N) is 2. The molecule has 0 unspecified atom stereocenters. The monoisotopic (exact) mass is 282 g/mol. The number of hydrogen-bond acceptors (Lipinski definition) is 5. The van der Waals surface area contributed by atoms with Gasteiger partial charge in [-0.05, 0) is 31.9 Å². The number of nitrogens with zero attached hydrogens (tertiary/aromatic N) is 1. The third-order valence-electron chi connectivity index (χ3n) is 3.09. The zero-order valence-electron chi connectivity index (χ0n) is 10.8. The molecule has 1 saturated heterocycles. The molecule has 1 amide bonds. The number of hydrazine groups is 1. The summed E-state index contributed by atoms with van der Waals surface area (Å²) >= 11 is 0. The van der Waals surface area contributed by atoms with Gasteiger partial charge in [-0.15, -0.1) is 0 Å². The molecule has 2 heterocycles. The highest BCUT2D eigenvalue weighted by Crippen LogP contribution is 2.12. The van der Waals surface area contributed by atoms with Crippen LogP contribution in [-0.2, 0) is 10.8 Å². The zero-order chi connectivity index (χ0) is 13.8. The van der Waals surface area contributed by atoms with E-state index in [-0.39, 0.29) is 11.9 Å².